The number of aromatic nitrogens is 1. The van der Waals surface area contributed by atoms with Crippen molar-refractivity contribution in [3.8, 4) is 0 Å². The van der Waals surface area contributed by atoms with Crippen molar-refractivity contribution >= 4 is 10.9 Å². The fraction of sp³-hybridized carbons (Fsp3) is 0.286. The average Bonchev–Trinajstić information content (AvgIpc) is 2.57. The summed E-state index contributed by atoms with van der Waals surface area (Å²) < 4.78 is 0. The molecule has 0 aliphatic rings. The van der Waals surface area contributed by atoms with Crippen LogP contribution in [0.4, 0.5) is 0 Å². The van der Waals surface area contributed by atoms with Crippen LogP contribution in [0.15, 0.2) is 60.8 Å². The van der Waals surface area contributed by atoms with Crippen LogP contribution in [0.1, 0.15) is 42.9 Å². The maximum atomic E-state index is 4.54. The highest BCUT2D eigenvalue weighted by Crippen LogP contribution is 2.19. The number of benzene rings is 2. The number of para-hydroxylation sites is 1. The molecule has 0 N–H and O–H groups in total. The first-order valence-corrected chi connectivity index (χ1v) is 8.27. The average molecular weight is 289 g/mol. The fourth-order valence-corrected chi connectivity index (χ4v) is 2.93. The molecule has 0 bridgehead atoms. The number of fused-ring (bicyclic) bond motifs is 1. The number of rotatable bonds is 6. The maximum absolute atomic E-state index is 4.54. The summed E-state index contributed by atoms with van der Waals surface area (Å²) in [5, 5.41) is 1.22. The Bertz CT molecular complexity index is 723. The van der Waals surface area contributed by atoms with Crippen LogP contribution in [0.25, 0.3) is 10.9 Å². The van der Waals surface area contributed by atoms with Crippen molar-refractivity contribution in [1.29, 1.82) is 0 Å². The Hall–Kier alpha value is -2.15. The second-order valence-electron chi connectivity index (χ2n) is 5.94. The lowest BCUT2D eigenvalue weighted by molar-refractivity contribution is 0.717. The standard InChI is InChI=1S/C21H23N/c1-2-3-4-7-17-11-13-18(14-12-17)16-20-9-5-8-19-10-6-15-22-21(19)20/h5-6,8-15H,2-4,7,16H2,1H3. The molecule has 2 aromatic carbocycles. The molecule has 112 valence electrons. The molecule has 0 radical (unpaired) electrons. The number of nitrogens with zero attached hydrogens (tertiary/aromatic N) is 1. The fourth-order valence-electron chi connectivity index (χ4n) is 2.93. The first-order valence-electron chi connectivity index (χ1n) is 8.27. The minimum Gasteiger partial charge on any atom is -0.256 e. The molecule has 1 aromatic heterocycles. The van der Waals surface area contributed by atoms with E-state index in [1.54, 1.807) is 0 Å². The molecule has 1 nitrogen and oxygen atoms in total. The van der Waals surface area contributed by atoms with Gasteiger partial charge in [0, 0.05) is 11.6 Å². The molecule has 0 aliphatic heterocycles. The zero-order valence-corrected chi connectivity index (χ0v) is 13.3. The molecular formula is C21H23N. The zero-order chi connectivity index (χ0) is 15.2. The van der Waals surface area contributed by atoms with E-state index in [-0.39, 0.29) is 0 Å². The lowest BCUT2D eigenvalue weighted by atomic mass is 9.99. The predicted octanol–water partition coefficient (Wildman–Crippen LogP) is 5.56. The first kappa shape index (κ1) is 14.8. The minimum atomic E-state index is 0.948. The summed E-state index contributed by atoms with van der Waals surface area (Å²) in [6.45, 7) is 2.25. The van der Waals surface area contributed by atoms with Crippen molar-refractivity contribution < 1.29 is 0 Å². The third-order valence-electron chi connectivity index (χ3n) is 4.20. The van der Waals surface area contributed by atoms with E-state index >= 15 is 0 Å². The molecule has 0 amide bonds. The van der Waals surface area contributed by atoms with Gasteiger partial charge in [0.15, 0.2) is 0 Å². The van der Waals surface area contributed by atoms with Gasteiger partial charge in [0.05, 0.1) is 5.52 Å². The Kier molecular flexibility index (Phi) is 4.85. The maximum Gasteiger partial charge on any atom is 0.0737 e. The van der Waals surface area contributed by atoms with Gasteiger partial charge in [-0.25, -0.2) is 0 Å². The summed E-state index contributed by atoms with van der Waals surface area (Å²) in [6, 6.07) is 19.7. The van der Waals surface area contributed by atoms with E-state index in [1.165, 1.54) is 47.8 Å². The van der Waals surface area contributed by atoms with E-state index in [1.807, 2.05) is 12.3 Å². The van der Waals surface area contributed by atoms with E-state index in [4.69, 9.17) is 0 Å². The Balaban J connectivity index is 1.75. The van der Waals surface area contributed by atoms with Gasteiger partial charge in [0.1, 0.15) is 0 Å². The lowest BCUT2D eigenvalue weighted by Gasteiger charge is -2.07. The highest BCUT2D eigenvalue weighted by Gasteiger charge is 2.03. The Morgan fingerprint density at radius 3 is 2.41 bits per heavy atom. The summed E-state index contributed by atoms with van der Waals surface area (Å²) in [5.41, 5.74) is 5.24. The summed E-state index contributed by atoms with van der Waals surface area (Å²) in [5.74, 6) is 0. The first-order chi connectivity index (χ1) is 10.9. The Morgan fingerprint density at radius 2 is 1.59 bits per heavy atom. The number of hydrogen-bond donors (Lipinski definition) is 0. The Labute approximate surface area is 133 Å². The molecule has 3 rings (SSSR count). The third-order valence-corrected chi connectivity index (χ3v) is 4.20. The molecule has 22 heavy (non-hydrogen) atoms. The SMILES string of the molecule is CCCCCc1ccc(Cc2cccc3cccnc23)cc1. The largest absolute Gasteiger partial charge is 0.256 e. The van der Waals surface area contributed by atoms with Crippen LogP contribution in [-0.4, -0.2) is 4.98 Å². The van der Waals surface area contributed by atoms with E-state index in [0.29, 0.717) is 0 Å². The topological polar surface area (TPSA) is 12.9 Å². The van der Waals surface area contributed by atoms with Crippen LogP contribution in [0.5, 0.6) is 0 Å². The smallest absolute Gasteiger partial charge is 0.0737 e. The van der Waals surface area contributed by atoms with E-state index in [9.17, 15) is 0 Å². The van der Waals surface area contributed by atoms with Crippen molar-refractivity contribution in [2.24, 2.45) is 0 Å². The van der Waals surface area contributed by atoms with Crippen LogP contribution in [0.2, 0.25) is 0 Å². The van der Waals surface area contributed by atoms with Crippen molar-refractivity contribution in [2.45, 2.75) is 39.0 Å². The number of unbranched alkanes of at least 4 members (excludes halogenated alkanes) is 2. The quantitative estimate of drug-likeness (QED) is 0.541. The van der Waals surface area contributed by atoms with Gasteiger partial charge in [-0.05, 0) is 42.0 Å². The van der Waals surface area contributed by atoms with Gasteiger partial charge >= 0.3 is 0 Å². The molecule has 0 fully saturated rings. The molecule has 0 unspecified atom stereocenters. The van der Waals surface area contributed by atoms with Gasteiger partial charge in [-0.2, -0.15) is 0 Å². The van der Waals surface area contributed by atoms with Crippen LogP contribution in [0.3, 0.4) is 0 Å². The number of aryl methyl sites for hydroxylation is 1. The monoisotopic (exact) mass is 289 g/mol. The molecule has 0 atom stereocenters. The van der Waals surface area contributed by atoms with Crippen molar-refractivity contribution in [3.05, 3.63) is 77.5 Å². The number of hydrogen-bond acceptors (Lipinski definition) is 1. The molecule has 0 saturated heterocycles. The second kappa shape index (κ2) is 7.22. The summed E-state index contributed by atoms with van der Waals surface area (Å²) in [4.78, 5) is 4.54. The van der Waals surface area contributed by atoms with Crippen LogP contribution < -0.4 is 0 Å². The van der Waals surface area contributed by atoms with Crippen molar-refractivity contribution in [3.63, 3.8) is 0 Å². The van der Waals surface area contributed by atoms with Crippen LogP contribution in [-0.2, 0) is 12.8 Å². The molecule has 1 heterocycles. The lowest BCUT2D eigenvalue weighted by Crippen LogP contribution is -1.93. The molecule has 3 aromatic rings. The second-order valence-corrected chi connectivity index (χ2v) is 5.94. The van der Waals surface area contributed by atoms with Gasteiger partial charge in [0.25, 0.3) is 0 Å². The molecular weight excluding hydrogens is 266 g/mol. The van der Waals surface area contributed by atoms with Crippen molar-refractivity contribution in [1.82, 2.24) is 4.98 Å². The summed E-state index contributed by atoms with van der Waals surface area (Å²) >= 11 is 0. The third kappa shape index (κ3) is 3.54. The normalized spacial score (nSPS) is 11.0. The van der Waals surface area contributed by atoms with Crippen LogP contribution in [0, 0.1) is 0 Å². The van der Waals surface area contributed by atoms with Crippen LogP contribution >= 0.6 is 0 Å². The zero-order valence-electron chi connectivity index (χ0n) is 13.3. The highest BCUT2D eigenvalue weighted by molar-refractivity contribution is 5.81. The summed E-state index contributed by atoms with van der Waals surface area (Å²) in [6.07, 6.45) is 7.93. The van der Waals surface area contributed by atoms with E-state index in [2.05, 4.69) is 60.4 Å². The minimum absolute atomic E-state index is 0.948. The Morgan fingerprint density at radius 1 is 0.818 bits per heavy atom. The van der Waals surface area contributed by atoms with Gasteiger partial charge in [-0.15, -0.1) is 0 Å². The van der Waals surface area contributed by atoms with Gasteiger partial charge in [-0.1, -0.05) is 68.3 Å². The molecule has 0 aliphatic carbocycles. The highest BCUT2D eigenvalue weighted by atomic mass is 14.6. The van der Waals surface area contributed by atoms with Crippen molar-refractivity contribution in [2.75, 3.05) is 0 Å². The van der Waals surface area contributed by atoms with E-state index in [0.717, 1.165) is 11.9 Å². The molecule has 1 heteroatoms. The number of pyridine rings is 1. The predicted molar refractivity (Wildman–Crippen MR) is 94.2 cm³/mol. The van der Waals surface area contributed by atoms with Gasteiger partial charge < -0.3 is 0 Å². The van der Waals surface area contributed by atoms with Gasteiger partial charge in [-0.3, -0.25) is 4.98 Å². The van der Waals surface area contributed by atoms with E-state index < -0.39 is 0 Å². The molecule has 0 saturated carbocycles. The molecule has 0 spiro atoms. The summed E-state index contributed by atoms with van der Waals surface area (Å²) in [7, 11) is 0. The van der Waals surface area contributed by atoms with Gasteiger partial charge in [0.2, 0.25) is 0 Å².